The lowest BCUT2D eigenvalue weighted by Crippen LogP contribution is -2.30. The van der Waals surface area contributed by atoms with Crippen LogP contribution in [0.3, 0.4) is 0 Å². The van der Waals surface area contributed by atoms with E-state index in [1.54, 1.807) is 6.92 Å². The molecule has 0 saturated carbocycles. The number of anilines is 1. The van der Waals surface area contributed by atoms with Crippen molar-refractivity contribution < 1.29 is 9.53 Å². The zero-order valence-corrected chi connectivity index (χ0v) is 15.1. The SMILES string of the molecule is Cc1cc2c(NC(=O)C(C)Oc3ccccc3C(C)C)cccc2[nH]1. The third-order valence-electron chi connectivity index (χ3n) is 4.27. The van der Waals surface area contributed by atoms with Crippen molar-refractivity contribution in [1.29, 1.82) is 0 Å². The van der Waals surface area contributed by atoms with Gasteiger partial charge in [0.2, 0.25) is 0 Å². The summed E-state index contributed by atoms with van der Waals surface area (Å²) in [6, 6.07) is 15.7. The van der Waals surface area contributed by atoms with Gasteiger partial charge in [-0.15, -0.1) is 0 Å². The number of carbonyl (C=O) groups is 1. The van der Waals surface area contributed by atoms with E-state index in [9.17, 15) is 4.79 Å². The van der Waals surface area contributed by atoms with Crippen molar-refractivity contribution >= 4 is 22.5 Å². The Labute approximate surface area is 148 Å². The zero-order valence-electron chi connectivity index (χ0n) is 15.1. The Balaban J connectivity index is 1.77. The summed E-state index contributed by atoms with van der Waals surface area (Å²) in [6.45, 7) is 8.00. The minimum Gasteiger partial charge on any atom is -0.481 e. The van der Waals surface area contributed by atoms with Gasteiger partial charge in [-0.3, -0.25) is 4.79 Å². The first-order valence-electron chi connectivity index (χ1n) is 8.60. The summed E-state index contributed by atoms with van der Waals surface area (Å²) < 4.78 is 5.94. The number of ether oxygens (including phenoxy) is 1. The van der Waals surface area contributed by atoms with E-state index >= 15 is 0 Å². The molecule has 0 aliphatic heterocycles. The summed E-state index contributed by atoms with van der Waals surface area (Å²) in [5.41, 5.74) is 3.96. The smallest absolute Gasteiger partial charge is 0.265 e. The average molecular weight is 336 g/mol. The van der Waals surface area contributed by atoms with E-state index in [0.29, 0.717) is 5.92 Å². The summed E-state index contributed by atoms with van der Waals surface area (Å²) in [7, 11) is 0. The minimum atomic E-state index is -0.588. The van der Waals surface area contributed by atoms with Crippen LogP contribution in [0.25, 0.3) is 10.9 Å². The van der Waals surface area contributed by atoms with Crippen LogP contribution in [0.1, 0.15) is 37.9 Å². The Hall–Kier alpha value is -2.75. The first kappa shape index (κ1) is 17.1. The molecule has 1 heterocycles. The number of fused-ring (bicyclic) bond motifs is 1. The second kappa shape index (κ2) is 7.01. The highest BCUT2D eigenvalue weighted by atomic mass is 16.5. The van der Waals surface area contributed by atoms with Gasteiger partial charge in [-0.1, -0.05) is 38.1 Å². The number of H-pyrrole nitrogens is 1. The molecular formula is C21H24N2O2. The number of aryl methyl sites for hydroxylation is 1. The number of benzene rings is 2. The predicted octanol–water partition coefficient (Wildman–Crippen LogP) is 5.01. The maximum Gasteiger partial charge on any atom is 0.265 e. The second-order valence-electron chi connectivity index (χ2n) is 6.66. The highest BCUT2D eigenvalue weighted by Gasteiger charge is 2.18. The molecule has 1 unspecified atom stereocenters. The summed E-state index contributed by atoms with van der Waals surface area (Å²) >= 11 is 0. The second-order valence-corrected chi connectivity index (χ2v) is 6.66. The Morgan fingerprint density at radius 2 is 1.84 bits per heavy atom. The molecule has 4 heteroatoms. The highest BCUT2D eigenvalue weighted by molar-refractivity contribution is 6.03. The van der Waals surface area contributed by atoms with Crippen LogP contribution < -0.4 is 10.1 Å². The average Bonchev–Trinajstić information content (AvgIpc) is 2.96. The first-order chi connectivity index (χ1) is 12.0. The van der Waals surface area contributed by atoms with Crippen molar-refractivity contribution in [3.63, 3.8) is 0 Å². The van der Waals surface area contributed by atoms with E-state index in [0.717, 1.165) is 33.6 Å². The van der Waals surface area contributed by atoms with Crippen molar-refractivity contribution in [3.8, 4) is 5.75 Å². The van der Waals surface area contributed by atoms with Crippen molar-refractivity contribution in [3.05, 3.63) is 59.8 Å². The molecule has 0 bridgehead atoms. The Morgan fingerprint density at radius 1 is 1.08 bits per heavy atom. The van der Waals surface area contributed by atoms with Gasteiger partial charge in [-0.2, -0.15) is 0 Å². The van der Waals surface area contributed by atoms with E-state index in [-0.39, 0.29) is 5.91 Å². The van der Waals surface area contributed by atoms with Crippen LogP contribution in [0.4, 0.5) is 5.69 Å². The van der Waals surface area contributed by atoms with Crippen LogP contribution in [0.2, 0.25) is 0 Å². The van der Waals surface area contributed by atoms with E-state index < -0.39 is 6.10 Å². The molecule has 2 aromatic carbocycles. The Morgan fingerprint density at radius 3 is 2.60 bits per heavy atom. The predicted molar refractivity (Wildman–Crippen MR) is 102 cm³/mol. The van der Waals surface area contributed by atoms with Gasteiger partial charge < -0.3 is 15.0 Å². The monoisotopic (exact) mass is 336 g/mol. The van der Waals surface area contributed by atoms with E-state index in [4.69, 9.17) is 4.74 Å². The zero-order chi connectivity index (χ0) is 18.0. The van der Waals surface area contributed by atoms with Gasteiger partial charge >= 0.3 is 0 Å². The third-order valence-corrected chi connectivity index (χ3v) is 4.27. The van der Waals surface area contributed by atoms with Gasteiger partial charge in [0.1, 0.15) is 5.75 Å². The fourth-order valence-electron chi connectivity index (χ4n) is 2.95. The number of nitrogens with one attached hydrogen (secondary N) is 2. The van der Waals surface area contributed by atoms with Crippen LogP contribution in [-0.4, -0.2) is 17.0 Å². The molecule has 4 nitrogen and oxygen atoms in total. The van der Waals surface area contributed by atoms with Crippen molar-refractivity contribution in [2.75, 3.05) is 5.32 Å². The molecule has 1 amide bonds. The quantitative estimate of drug-likeness (QED) is 0.688. The lowest BCUT2D eigenvalue weighted by atomic mass is 10.0. The molecule has 25 heavy (non-hydrogen) atoms. The van der Waals surface area contributed by atoms with Crippen LogP contribution in [0.5, 0.6) is 5.75 Å². The van der Waals surface area contributed by atoms with E-state index in [1.807, 2.05) is 55.5 Å². The number of rotatable bonds is 5. The molecule has 0 aliphatic carbocycles. The molecule has 3 rings (SSSR count). The summed E-state index contributed by atoms with van der Waals surface area (Å²) in [6.07, 6.45) is -0.588. The topological polar surface area (TPSA) is 54.1 Å². The van der Waals surface area contributed by atoms with Gasteiger partial charge in [-0.25, -0.2) is 0 Å². The van der Waals surface area contributed by atoms with Crippen LogP contribution >= 0.6 is 0 Å². The molecule has 130 valence electrons. The van der Waals surface area contributed by atoms with Crippen LogP contribution in [0.15, 0.2) is 48.5 Å². The molecule has 0 radical (unpaired) electrons. The molecule has 0 saturated heterocycles. The van der Waals surface area contributed by atoms with Gasteiger partial charge in [0, 0.05) is 16.6 Å². The maximum atomic E-state index is 12.6. The molecule has 1 atom stereocenters. The number of carbonyl (C=O) groups excluding carboxylic acids is 1. The largest absolute Gasteiger partial charge is 0.481 e. The number of hydrogen-bond donors (Lipinski definition) is 2. The number of amides is 1. The summed E-state index contributed by atoms with van der Waals surface area (Å²) in [5, 5.41) is 3.99. The van der Waals surface area contributed by atoms with Crippen LogP contribution in [-0.2, 0) is 4.79 Å². The molecule has 0 fully saturated rings. The Bertz CT molecular complexity index is 896. The van der Waals surface area contributed by atoms with E-state index in [1.165, 1.54) is 0 Å². The van der Waals surface area contributed by atoms with Crippen LogP contribution in [0, 0.1) is 6.92 Å². The highest BCUT2D eigenvalue weighted by Crippen LogP contribution is 2.28. The molecule has 0 spiro atoms. The number of para-hydroxylation sites is 1. The van der Waals surface area contributed by atoms with Crippen molar-refractivity contribution in [1.82, 2.24) is 4.98 Å². The summed E-state index contributed by atoms with van der Waals surface area (Å²) in [4.78, 5) is 15.9. The fraction of sp³-hybridized carbons (Fsp3) is 0.286. The minimum absolute atomic E-state index is 0.162. The molecular weight excluding hydrogens is 312 g/mol. The van der Waals surface area contributed by atoms with Gasteiger partial charge in [0.05, 0.1) is 5.69 Å². The molecule has 3 aromatic rings. The number of aromatic amines is 1. The van der Waals surface area contributed by atoms with Gasteiger partial charge in [0.25, 0.3) is 5.91 Å². The summed E-state index contributed by atoms with van der Waals surface area (Å²) in [5.74, 6) is 0.934. The first-order valence-corrected chi connectivity index (χ1v) is 8.60. The Kier molecular flexibility index (Phi) is 4.79. The lowest BCUT2D eigenvalue weighted by Gasteiger charge is -2.19. The third kappa shape index (κ3) is 3.68. The fourth-order valence-corrected chi connectivity index (χ4v) is 2.95. The molecule has 1 aromatic heterocycles. The standard InChI is InChI=1S/C21H24N2O2/c1-13(2)16-8-5-6-11-20(16)25-15(4)21(24)23-19-10-7-9-18-17(19)12-14(3)22-18/h5-13,15,22H,1-4H3,(H,23,24). The van der Waals surface area contributed by atoms with Crippen molar-refractivity contribution in [2.45, 2.75) is 39.7 Å². The van der Waals surface area contributed by atoms with Gasteiger partial charge in [-0.05, 0) is 49.6 Å². The lowest BCUT2D eigenvalue weighted by molar-refractivity contribution is -0.122. The van der Waals surface area contributed by atoms with Crippen molar-refractivity contribution in [2.24, 2.45) is 0 Å². The van der Waals surface area contributed by atoms with Gasteiger partial charge in [0.15, 0.2) is 6.10 Å². The number of aromatic nitrogens is 1. The van der Waals surface area contributed by atoms with E-state index in [2.05, 4.69) is 24.1 Å². The molecule has 2 N–H and O–H groups in total. The maximum absolute atomic E-state index is 12.6. The number of hydrogen-bond acceptors (Lipinski definition) is 2. The normalized spacial score (nSPS) is 12.4. The molecule has 0 aliphatic rings.